The molecule has 0 saturated carbocycles. The number of alkyl halides is 1. The summed E-state index contributed by atoms with van der Waals surface area (Å²) in [5.41, 5.74) is 3.09. The summed E-state index contributed by atoms with van der Waals surface area (Å²) in [5.74, 6) is 0.526. The number of nitrogens with zero attached hydrogens (tertiary/aromatic N) is 1. The number of aromatic nitrogens is 1. The second kappa shape index (κ2) is 6.36. The fourth-order valence-corrected chi connectivity index (χ4v) is 2.68. The molecule has 0 unspecified atom stereocenters. The summed E-state index contributed by atoms with van der Waals surface area (Å²) in [6.45, 7) is 0. The van der Waals surface area contributed by atoms with Crippen LogP contribution in [0.2, 0.25) is 5.02 Å². The summed E-state index contributed by atoms with van der Waals surface area (Å²) in [7, 11) is 0. The van der Waals surface area contributed by atoms with Gasteiger partial charge in [0.1, 0.15) is 5.52 Å². The molecule has 1 amide bonds. The van der Waals surface area contributed by atoms with Gasteiger partial charge in [-0.25, -0.2) is 4.98 Å². The molecule has 0 radical (unpaired) electrons. The predicted molar refractivity (Wildman–Crippen MR) is 77.8 cm³/mol. The highest BCUT2D eigenvalue weighted by Crippen LogP contribution is 2.32. The average molecular weight is 303 g/mol. The predicted octanol–water partition coefficient (Wildman–Crippen LogP) is 4.30. The van der Waals surface area contributed by atoms with Crippen LogP contribution >= 0.6 is 34.5 Å². The van der Waals surface area contributed by atoms with E-state index >= 15 is 0 Å². The topological polar surface area (TPSA) is 42.0 Å². The zero-order valence-electron chi connectivity index (χ0n) is 9.58. The first-order chi connectivity index (χ1) is 8.72. The van der Waals surface area contributed by atoms with Crippen LogP contribution < -0.4 is 5.32 Å². The average Bonchev–Trinajstić information content (AvgIpc) is 2.82. The summed E-state index contributed by atoms with van der Waals surface area (Å²) in [6.07, 6.45) is 2.06. The van der Waals surface area contributed by atoms with Crippen LogP contribution in [0.4, 0.5) is 5.69 Å². The molecule has 1 heterocycles. The van der Waals surface area contributed by atoms with E-state index in [0.717, 1.165) is 23.1 Å². The smallest absolute Gasteiger partial charge is 0.224 e. The van der Waals surface area contributed by atoms with Crippen molar-refractivity contribution in [2.24, 2.45) is 0 Å². The van der Waals surface area contributed by atoms with Crippen LogP contribution in [0.5, 0.6) is 0 Å². The first kappa shape index (κ1) is 13.6. The van der Waals surface area contributed by atoms with Crippen LogP contribution in [0.1, 0.15) is 19.3 Å². The molecule has 2 rings (SSSR count). The van der Waals surface area contributed by atoms with Crippen molar-refractivity contribution in [2.45, 2.75) is 19.3 Å². The zero-order valence-corrected chi connectivity index (χ0v) is 11.9. The Bertz CT molecular complexity index is 556. The standard InChI is InChI=1S/C12H12Cl2N2OS/c13-6-2-1-3-10(17)16-11-8(14)4-5-9-12(11)15-7-18-9/h4-5,7H,1-3,6H2,(H,16,17). The molecule has 96 valence electrons. The molecule has 0 saturated heterocycles. The molecule has 1 aromatic carbocycles. The number of unbranched alkanes of at least 4 members (excludes halogenated alkanes) is 1. The highest BCUT2D eigenvalue weighted by molar-refractivity contribution is 7.16. The van der Waals surface area contributed by atoms with Crippen molar-refractivity contribution in [1.29, 1.82) is 0 Å². The van der Waals surface area contributed by atoms with Crippen LogP contribution in [0.15, 0.2) is 17.6 Å². The molecule has 0 aliphatic heterocycles. The van der Waals surface area contributed by atoms with Gasteiger partial charge in [0.25, 0.3) is 0 Å². The Morgan fingerprint density at radius 3 is 3.00 bits per heavy atom. The molecule has 1 aromatic heterocycles. The van der Waals surface area contributed by atoms with Crippen molar-refractivity contribution in [3.63, 3.8) is 0 Å². The number of nitrogens with one attached hydrogen (secondary N) is 1. The Balaban J connectivity index is 2.13. The number of anilines is 1. The second-order valence-electron chi connectivity index (χ2n) is 3.82. The number of benzene rings is 1. The van der Waals surface area contributed by atoms with Gasteiger partial charge in [0.2, 0.25) is 5.91 Å². The minimum absolute atomic E-state index is 0.0532. The monoisotopic (exact) mass is 302 g/mol. The van der Waals surface area contributed by atoms with Gasteiger partial charge in [0.15, 0.2) is 0 Å². The molecule has 18 heavy (non-hydrogen) atoms. The van der Waals surface area contributed by atoms with E-state index in [2.05, 4.69) is 10.3 Å². The first-order valence-corrected chi connectivity index (χ1v) is 7.39. The summed E-state index contributed by atoms with van der Waals surface area (Å²) < 4.78 is 1.01. The quantitative estimate of drug-likeness (QED) is 0.661. The van der Waals surface area contributed by atoms with Gasteiger partial charge in [0.05, 0.1) is 20.9 Å². The van der Waals surface area contributed by atoms with Gasteiger partial charge >= 0.3 is 0 Å². The molecule has 0 aliphatic rings. The highest BCUT2D eigenvalue weighted by atomic mass is 35.5. The first-order valence-electron chi connectivity index (χ1n) is 5.60. The van der Waals surface area contributed by atoms with Crippen molar-refractivity contribution in [3.05, 3.63) is 22.7 Å². The summed E-state index contributed by atoms with van der Waals surface area (Å²) >= 11 is 13.2. The van der Waals surface area contributed by atoms with E-state index < -0.39 is 0 Å². The van der Waals surface area contributed by atoms with Crippen LogP contribution in [-0.4, -0.2) is 16.8 Å². The minimum atomic E-state index is -0.0532. The van der Waals surface area contributed by atoms with Crippen LogP contribution in [0, 0.1) is 0 Å². The fourth-order valence-electron chi connectivity index (χ4n) is 1.61. The zero-order chi connectivity index (χ0) is 13.0. The Kier molecular flexibility index (Phi) is 4.80. The van der Waals surface area contributed by atoms with Gasteiger partial charge in [-0.1, -0.05) is 11.6 Å². The number of carbonyl (C=O) groups is 1. The number of hydrogen-bond donors (Lipinski definition) is 1. The Labute approximate surface area is 119 Å². The third-order valence-corrected chi connectivity index (χ3v) is 3.88. The molecule has 0 spiro atoms. The van der Waals surface area contributed by atoms with Crippen LogP contribution in [-0.2, 0) is 4.79 Å². The molecule has 2 aromatic rings. The van der Waals surface area contributed by atoms with Crippen LogP contribution in [0.25, 0.3) is 10.2 Å². The number of thiazole rings is 1. The Morgan fingerprint density at radius 1 is 1.39 bits per heavy atom. The molecule has 3 nitrogen and oxygen atoms in total. The van der Waals surface area contributed by atoms with E-state index in [9.17, 15) is 4.79 Å². The van der Waals surface area contributed by atoms with Crippen molar-refractivity contribution in [2.75, 3.05) is 11.2 Å². The van der Waals surface area contributed by atoms with E-state index in [4.69, 9.17) is 23.2 Å². The lowest BCUT2D eigenvalue weighted by atomic mass is 10.2. The van der Waals surface area contributed by atoms with Crippen molar-refractivity contribution in [3.8, 4) is 0 Å². The largest absolute Gasteiger partial charge is 0.323 e. The molecular formula is C12H12Cl2N2OS. The maximum atomic E-state index is 11.8. The summed E-state index contributed by atoms with van der Waals surface area (Å²) in [5, 5.41) is 3.34. The van der Waals surface area contributed by atoms with E-state index in [1.165, 1.54) is 11.3 Å². The normalized spacial score (nSPS) is 10.8. The van der Waals surface area contributed by atoms with Crippen molar-refractivity contribution < 1.29 is 4.79 Å². The molecule has 0 fully saturated rings. The van der Waals surface area contributed by atoms with Gasteiger partial charge < -0.3 is 5.32 Å². The summed E-state index contributed by atoms with van der Waals surface area (Å²) in [6, 6.07) is 3.68. The van der Waals surface area contributed by atoms with Crippen molar-refractivity contribution >= 4 is 56.3 Å². The van der Waals surface area contributed by atoms with Gasteiger partial charge in [-0.3, -0.25) is 4.79 Å². The number of rotatable bonds is 5. The lowest BCUT2D eigenvalue weighted by molar-refractivity contribution is -0.116. The maximum absolute atomic E-state index is 11.8. The van der Waals surface area contributed by atoms with E-state index in [0.29, 0.717) is 23.0 Å². The number of hydrogen-bond acceptors (Lipinski definition) is 3. The maximum Gasteiger partial charge on any atom is 0.224 e. The third kappa shape index (κ3) is 3.13. The number of fused-ring (bicyclic) bond motifs is 1. The van der Waals surface area contributed by atoms with E-state index in [1.807, 2.05) is 6.07 Å². The molecule has 6 heteroatoms. The molecule has 0 bridgehead atoms. The number of carbonyl (C=O) groups excluding carboxylic acids is 1. The Morgan fingerprint density at radius 2 is 2.22 bits per heavy atom. The van der Waals surface area contributed by atoms with Crippen LogP contribution in [0.3, 0.4) is 0 Å². The SMILES string of the molecule is O=C(CCCCCl)Nc1c(Cl)ccc2scnc12. The summed E-state index contributed by atoms with van der Waals surface area (Å²) in [4.78, 5) is 16.0. The van der Waals surface area contributed by atoms with E-state index in [-0.39, 0.29) is 5.91 Å². The lowest BCUT2D eigenvalue weighted by Crippen LogP contribution is -2.11. The lowest BCUT2D eigenvalue weighted by Gasteiger charge is -2.07. The van der Waals surface area contributed by atoms with Gasteiger partial charge in [0, 0.05) is 12.3 Å². The Hall–Kier alpha value is -0.840. The molecule has 0 aliphatic carbocycles. The van der Waals surface area contributed by atoms with Gasteiger partial charge in [-0.2, -0.15) is 0 Å². The van der Waals surface area contributed by atoms with E-state index in [1.54, 1.807) is 11.6 Å². The molecule has 0 atom stereocenters. The molecule has 1 N–H and O–H groups in total. The third-order valence-electron chi connectivity index (χ3n) is 2.50. The van der Waals surface area contributed by atoms with Crippen molar-refractivity contribution in [1.82, 2.24) is 4.98 Å². The minimum Gasteiger partial charge on any atom is -0.323 e. The highest BCUT2D eigenvalue weighted by Gasteiger charge is 2.11. The fraction of sp³-hybridized carbons (Fsp3) is 0.333. The molecular weight excluding hydrogens is 291 g/mol. The second-order valence-corrected chi connectivity index (χ2v) is 5.49. The van der Waals surface area contributed by atoms with Gasteiger partial charge in [-0.15, -0.1) is 22.9 Å². The number of amides is 1. The number of halogens is 2. The van der Waals surface area contributed by atoms with Gasteiger partial charge in [-0.05, 0) is 25.0 Å².